The fourth-order valence-electron chi connectivity index (χ4n) is 3.53. The molecule has 4 aromatic heterocycles. The van der Waals surface area contributed by atoms with Crippen LogP contribution in [0, 0.1) is 0 Å². The zero-order chi connectivity index (χ0) is 20.0. The van der Waals surface area contributed by atoms with Crippen LogP contribution in [0.15, 0.2) is 54.1 Å². The first-order valence-electron chi connectivity index (χ1n) is 9.16. The second-order valence-corrected chi connectivity index (χ2v) is 6.92. The Morgan fingerprint density at radius 2 is 2.10 bits per heavy atom. The SMILES string of the molecule is CC(Nc1ncnc2nc[nH]c12)c1cc2cccc(-c3cnn(C)c3)c2c(=O)[nH]1. The highest BCUT2D eigenvalue weighted by Crippen LogP contribution is 2.28. The van der Waals surface area contributed by atoms with Crippen molar-refractivity contribution < 1.29 is 0 Å². The van der Waals surface area contributed by atoms with Gasteiger partial charge >= 0.3 is 0 Å². The van der Waals surface area contributed by atoms with Gasteiger partial charge in [-0.15, -0.1) is 0 Å². The number of aryl methyl sites for hydroxylation is 1. The first-order valence-corrected chi connectivity index (χ1v) is 9.16. The van der Waals surface area contributed by atoms with Gasteiger partial charge in [-0.25, -0.2) is 15.0 Å². The number of aromatic nitrogens is 7. The molecule has 3 N–H and O–H groups in total. The van der Waals surface area contributed by atoms with Crippen LogP contribution in [0.25, 0.3) is 33.1 Å². The molecule has 5 rings (SSSR count). The molecule has 5 aromatic rings. The highest BCUT2D eigenvalue weighted by Gasteiger charge is 2.15. The predicted octanol–water partition coefficient (Wildman–Crippen LogP) is 2.77. The van der Waals surface area contributed by atoms with E-state index in [2.05, 4.69) is 35.3 Å². The quantitative estimate of drug-likeness (QED) is 0.437. The maximum Gasteiger partial charge on any atom is 0.256 e. The van der Waals surface area contributed by atoms with Crippen LogP contribution >= 0.6 is 0 Å². The molecule has 144 valence electrons. The molecule has 9 nitrogen and oxygen atoms in total. The summed E-state index contributed by atoms with van der Waals surface area (Å²) < 4.78 is 1.72. The van der Waals surface area contributed by atoms with Crippen LogP contribution in [-0.2, 0) is 7.05 Å². The summed E-state index contributed by atoms with van der Waals surface area (Å²) in [5.41, 5.74) is 3.70. The molecule has 9 heteroatoms. The predicted molar refractivity (Wildman–Crippen MR) is 110 cm³/mol. The number of nitrogens with zero attached hydrogens (tertiary/aromatic N) is 5. The highest BCUT2D eigenvalue weighted by atomic mass is 16.1. The van der Waals surface area contributed by atoms with Crippen molar-refractivity contribution in [2.24, 2.45) is 7.05 Å². The summed E-state index contributed by atoms with van der Waals surface area (Å²) in [5.74, 6) is 0.630. The summed E-state index contributed by atoms with van der Waals surface area (Å²) >= 11 is 0. The van der Waals surface area contributed by atoms with Gasteiger partial charge in [0.15, 0.2) is 11.5 Å². The molecule has 0 radical (unpaired) electrons. The highest BCUT2D eigenvalue weighted by molar-refractivity contribution is 5.96. The Labute approximate surface area is 164 Å². The van der Waals surface area contributed by atoms with E-state index < -0.39 is 0 Å². The van der Waals surface area contributed by atoms with E-state index in [0.29, 0.717) is 16.9 Å². The summed E-state index contributed by atoms with van der Waals surface area (Å²) in [5, 5.41) is 9.06. The van der Waals surface area contributed by atoms with Crippen LogP contribution in [0.1, 0.15) is 18.7 Å². The second-order valence-electron chi connectivity index (χ2n) is 6.92. The lowest BCUT2D eigenvalue weighted by Crippen LogP contribution is -2.16. The average molecular weight is 386 g/mol. The number of nitrogens with one attached hydrogen (secondary N) is 3. The Morgan fingerprint density at radius 3 is 2.93 bits per heavy atom. The third-order valence-corrected chi connectivity index (χ3v) is 4.95. The van der Waals surface area contributed by atoms with Crippen LogP contribution < -0.4 is 10.9 Å². The van der Waals surface area contributed by atoms with Crippen molar-refractivity contribution in [3.63, 3.8) is 0 Å². The molecular weight excluding hydrogens is 368 g/mol. The van der Waals surface area contributed by atoms with E-state index in [1.165, 1.54) is 6.33 Å². The maximum atomic E-state index is 13.0. The Hall–Kier alpha value is -4.01. The van der Waals surface area contributed by atoms with Crippen molar-refractivity contribution in [3.05, 3.63) is 65.4 Å². The molecule has 0 spiro atoms. The van der Waals surface area contributed by atoms with E-state index in [1.807, 2.05) is 44.4 Å². The van der Waals surface area contributed by atoms with Gasteiger partial charge in [-0.05, 0) is 23.9 Å². The van der Waals surface area contributed by atoms with E-state index in [0.717, 1.165) is 27.7 Å². The van der Waals surface area contributed by atoms with Crippen molar-refractivity contribution in [2.75, 3.05) is 5.32 Å². The Kier molecular flexibility index (Phi) is 3.87. The summed E-state index contributed by atoms with van der Waals surface area (Å²) in [6.45, 7) is 1.96. The summed E-state index contributed by atoms with van der Waals surface area (Å²) in [4.78, 5) is 31.6. The van der Waals surface area contributed by atoms with Crippen LogP contribution in [0.5, 0.6) is 0 Å². The topological polar surface area (TPSA) is 117 Å². The molecule has 0 saturated heterocycles. The van der Waals surface area contributed by atoms with E-state index >= 15 is 0 Å². The number of anilines is 1. The van der Waals surface area contributed by atoms with Crippen molar-refractivity contribution in [1.29, 1.82) is 0 Å². The monoisotopic (exact) mass is 386 g/mol. The van der Waals surface area contributed by atoms with E-state index in [1.54, 1.807) is 17.2 Å². The zero-order valence-corrected chi connectivity index (χ0v) is 15.8. The van der Waals surface area contributed by atoms with Crippen molar-refractivity contribution in [1.82, 2.24) is 34.7 Å². The van der Waals surface area contributed by atoms with E-state index in [4.69, 9.17) is 0 Å². The van der Waals surface area contributed by atoms with Crippen molar-refractivity contribution >= 4 is 27.8 Å². The standard InChI is InChI=1S/C20H18N8O/c1-11(26-19-17-18(22-9-21-17)23-10-24-19)15-6-12-4-3-5-14(16(12)20(29)27-15)13-7-25-28(2)8-13/h3-11H,1-2H3,(H,27,29)(H2,21,22,23,24,26). The van der Waals surface area contributed by atoms with E-state index in [-0.39, 0.29) is 11.6 Å². The molecule has 0 aliphatic rings. The van der Waals surface area contributed by atoms with Gasteiger partial charge in [0.05, 0.1) is 24.0 Å². The lowest BCUT2D eigenvalue weighted by atomic mass is 10.0. The number of H-pyrrole nitrogens is 2. The van der Waals surface area contributed by atoms with Gasteiger partial charge in [0.25, 0.3) is 5.56 Å². The molecule has 4 heterocycles. The third kappa shape index (κ3) is 2.92. The first kappa shape index (κ1) is 17.1. The lowest BCUT2D eigenvalue weighted by Gasteiger charge is -2.16. The van der Waals surface area contributed by atoms with Gasteiger partial charge in [-0.2, -0.15) is 5.10 Å². The number of fused-ring (bicyclic) bond motifs is 2. The van der Waals surface area contributed by atoms with Crippen LogP contribution in [0.4, 0.5) is 5.82 Å². The van der Waals surface area contributed by atoms with Crippen LogP contribution in [-0.4, -0.2) is 34.7 Å². The number of benzene rings is 1. The molecule has 0 bridgehead atoms. The molecule has 0 saturated carbocycles. The number of rotatable bonds is 4. The molecule has 1 aromatic carbocycles. The molecule has 29 heavy (non-hydrogen) atoms. The number of pyridine rings is 1. The summed E-state index contributed by atoms with van der Waals surface area (Å²) in [7, 11) is 1.86. The van der Waals surface area contributed by atoms with Gasteiger partial charge in [0.1, 0.15) is 11.8 Å². The zero-order valence-electron chi connectivity index (χ0n) is 15.8. The minimum Gasteiger partial charge on any atom is -0.360 e. The Bertz CT molecular complexity index is 1400. The smallest absolute Gasteiger partial charge is 0.256 e. The molecule has 1 atom stereocenters. The number of hydrogen-bond acceptors (Lipinski definition) is 6. The van der Waals surface area contributed by atoms with Crippen molar-refractivity contribution in [2.45, 2.75) is 13.0 Å². The minimum atomic E-state index is -0.185. The molecule has 0 fully saturated rings. The molecule has 1 unspecified atom stereocenters. The van der Waals surface area contributed by atoms with Gasteiger partial charge in [0.2, 0.25) is 0 Å². The van der Waals surface area contributed by atoms with Gasteiger partial charge in [0, 0.05) is 24.5 Å². The molecular formula is C20H18N8O. The minimum absolute atomic E-state index is 0.139. The molecule has 0 aliphatic heterocycles. The summed E-state index contributed by atoms with van der Waals surface area (Å²) in [6.07, 6.45) is 6.70. The number of imidazole rings is 1. The molecule has 0 amide bonds. The molecule has 0 aliphatic carbocycles. The fraction of sp³-hybridized carbons (Fsp3) is 0.150. The maximum absolute atomic E-state index is 13.0. The average Bonchev–Trinajstić information content (AvgIpc) is 3.37. The number of aromatic amines is 2. The normalized spacial score (nSPS) is 12.5. The van der Waals surface area contributed by atoms with Gasteiger partial charge in [-0.1, -0.05) is 18.2 Å². The fourth-order valence-corrected chi connectivity index (χ4v) is 3.53. The van der Waals surface area contributed by atoms with Gasteiger partial charge in [-0.3, -0.25) is 9.48 Å². The first-order chi connectivity index (χ1) is 14.1. The second kappa shape index (κ2) is 6.55. The van der Waals surface area contributed by atoms with Crippen molar-refractivity contribution in [3.8, 4) is 11.1 Å². The van der Waals surface area contributed by atoms with Crippen LogP contribution in [0.2, 0.25) is 0 Å². The summed E-state index contributed by atoms with van der Waals surface area (Å²) in [6, 6.07) is 7.63. The lowest BCUT2D eigenvalue weighted by molar-refractivity contribution is 0.768. The Balaban J connectivity index is 1.56. The van der Waals surface area contributed by atoms with Gasteiger partial charge < -0.3 is 15.3 Å². The largest absolute Gasteiger partial charge is 0.360 e. The van der Waals surface area contributed by atoms with Crippen LogP contribution in [0.3, 0.4) is 0 Å². The van der Waals surface area contributed by atoms with E-state index in [9.17, 15) is 4.79 Å². The Morgan fingerprint density at radius 1 is 1.21 bits per heavy atom. The third-order valence-electron chi connectivity index (χ3n) is 4.95. The number of hydrogen-bond donors (Lipinski definition) is 3.